The molecule has 2 N–H and O–H groups in total. The highest BCUT2D eigenvalue weighted by atomic mass is 32.3. The van der Waals surface area contributed by atoms with Gasteiger partial charge in [0.15, 0.2) is 0 Å². The van der Waals surface area contributed by atoms with Gasteiger partial charge in [-0.2, -0.15) is 25.2 Å². The molecular formula is C8H11N5O4S2. The summed E-state index contributed by atoms with van der Waals surface area (Å²) in [6.45, 7) is 0.245. The standard InChI is InChI=1S/C8H11N5O4S2/c9-8-12-16-19(14,15)17-13(8)4-5-18-6-7-10-2-1-3-11-7/h1-3H,4-6H2,(H2,9,12). The third-order valence-electron chi connectivity index (χ3n) is 1.95. The lowest BCUT2D eigenvalue weighted by Gasteiger charge is -2.22. The van der Waals surface area contributed by atoms with Crippen molar-refractivity contribution in [2.45, 2.75) is 5.75 Å². The molecule has 1 aliphatic rings. The van der Waals surface area contributed by atoms with Gasteiger partial charge in [0.2, 0.25) is 0 Å². The molecule has 0 spiro atoms. The summed E-state index contributed by atoms with van der Waals surface area (Å²) in [5.41, 5.74) is 5.42. The quantitative estimate of drug-likeness (QED) is 0.714. The summed E-state index contributed by atoms with van der Waals surface area (Å²) in [5, 5.41) is 4.13. The minimum absolute atomic E-state index is 0.147. The number of nitrogens with two attached hydrogens (primary N) is 1. The van der Waals surface area contributed by atoms with Gasteiger partial charge in [-0.05, 0) is 11.2 Å². The van der Waals surface area contributed by atoms with Gasteiger partial charge in [0, 0.05) is 18.1 Å². The van der Waals surface area contributed by atoms with E-state index in [0.29, 0.717) is 17.3 Å². The molecular weight excluding hydrogens is 294 g/mol. The number of rotatable bonds is 5. The van der Waals surface area contributed by atoms with Crippen LogP contribution >= 0.6 is 11.8 Å². The van der Waals surface area contributed by atoms with Gasteiger partial charge in [0.1, 0.15) is 5.82 Å². The predicted octanol–water partition coefficient (Wildman–Crippen LogP) is -0.552. The van der Waals surface area contributed by atoms with Crippen LogP contribution in [-0.4, -0.2) is 41.7 Å². The van der Waals surface area contributed by atoms with Crippen molar-refractivity contribution < 1.29 is 17.0 Å². The van der Waals surface area contributed by atoms with E-state index in [1.165, 1.54) is 11.8 Å². The van der Waals surface area contributed by atoms with E-state index in [9.17, 15) is 8.42 Å². The minimum atomic E-state index is -4.13. The summed E-state index contributed by atoms with van der Waals surface area (Å²) >= 11 is 1.51. The Morgan fingerprint density at radius 1 is 1.37 bits per heavy atom. The summed E-state index contributed by atoms with van der Waals surface area (Å²) in [6.07, 6.45) is 3.32. The molecule has 0 bridgehead atoms. The van der Waals surface area contributed by atoms with Crippen LogP contribution in [0.15, 0.2) is 23.6 Å². The highest BCUT2D eigenvalue weighted by molar-refractivity contribution is 7.98. The zero-order valence-electron chi connectivity index (χ0n) is 9.67. The van der Waals surface area contributed by atoms with Crippen molar-refractivity contribution in [3.63, 3.8) is 0 Å². The van der Waals surface area contributed by atoms with Crippen LogP contribution in [0.5, 0.6) is 0 Å². The topological polar surface area (TPSA) is 120 Å². The number of hydrogen-bond acceptors (Lipinski definition) is 10. The maximum atomic E-state index is 11.0. The van der Waals surface area contributed by atoms with E-state index < -0.39 is 10.4 Å². The summed E-state index contributed by atoms with van der Waals surface area (Å²) in [4.78, 5) is 8.12. The molecule has 0 unspecified atom stereocenters. The molecule has 2 rings (SSSR count). The van der Waals surface area contributed by atoms with Crippen molar-refractivity contribution in [2.75, 3.05) is 12.3 Å². The predicted molar refractivity (Wildman–Crippen MR) is 67.6 cm³/mol. The Labute approximate surface area is 114 Å². The Balaban J connectivity index is 1.77. The Bertz CT molecular complexity index is 550. The number of aromatic nitrogens is 2. The summed E-state index contributed by atoms with van der Waals surface area (Å²) in [5.74, 6) is 1.72. The van der Waals surface area contributed by atoms with E-state index in [-0.39, 0.29) is 12.5 Å². The molecule has 9 nitrogen and oxygen atoms in total. The first kappa shape index (κ1) is 13.8. The van der Waals surface area contributed by atoms with Gasteiger partial charge >= 0.3 is 10.4 Å². The van der Waals surface area contributed by atoms with E-state index in [4.69, 9.17) is 5.73 Å². The van der Waals surface area contributed by atoms with Crippen LogP contribution < -0.4 is 5.73 Å². The molecule has 11 heteroatoms. The molecule has 0 fully saturated rings. The second-order valence-electron chi connectivity index (χ2n) is 3.33. The zero-order valence-corrected chi connectivity index (χ0v) is 11.3. The van der Waals surface area contributed by atoms with Gasteiger partial charge in [-0.25, -0.2) is 14.3 Å². The molecule has 1 aliphatic heterocycles. The average Bonchev–Trinajstić information content (AvgIpc) is 2.40. The van der Waals surface area contributed by atoms with Gasteiger partial charge in [-0.3, -0.25) is 0 Å². The minimum Gasteiger partial charge on any atom is -0.365 e. The number of guanidine groups is 1. The second kappa shape index (κ2) is 6.04. The largest absolute Gasteiger partial charge is 0.491 e. The number of thioether (sulfide) groups is 1. The van der Waals surface area contributed by atoms with Crippen LogP contribution in [0.3, 0.4) is 0 Å². The van der Waals surface area contributed by atoms with Crippen LogP contribution in [-0.2, 0) is 24.7 Å². The first-order valence-corrected chi connectivity index (χ1v) is 7.63. The SMILES string of the molecule is NC1=NOS(=O)(=O)ON1CCSCc1ncccn1. The van der Waals surface area contributed by atoms with Gasteiger partial charge in [-0.1, -0.05) is 0 Å². The fraction of sp³-hybridized carbons (Fsp3) is 0.375. The molecule has 0 aliphatic carbocycles. The molecule has 0 atom stereocenters. The van der Waals surface area contributed by atoms with Crippen LogP contribution in [0.4, 0.5) is 0 Å². The number of nitrogens with zero attached hydrogens (tertiary/aromatic N) is 4. The second-order valence-corrected chi connectivity index (χ2v) is 5.55. The number of hydrogen-bond donors (Lipinski definition) is 1. The fourth-order valence-electron chi connectivity index (χ4n) is 1.16. The molecule has 2 heterocycles. The zero-order chi connectivity index (χ0) is 13.7. The van der Waals surface area contributed by atoms with Crippen molar-refractivity contribution in [1.82, 2.24) is 15.0 Å². The van der Waals surface area contributed by atoms with Gasteiger partial charge in [-0.15, -0.1) is 4.28 Å². The van der Waals surface area contributed by atoms with Crippen molar-refractivity contribution in [2.24, 2.45) is 10.9 Å². The maximum Gasteiger partial charge on any atom is 0.491 e. The van der Waals surface area contributed by atoms with Crippen LogP contribution in [0, 0.1) is 0 Å². The van der Waals surface area contributed by atoms with E-state index >= 15 is 0 Å². The lowest BCUT2D eigenvalue weighted by atomic mass is 10.6. The Hall–Kier alpha value is -1.59. The van der Waals surface area contributed by atoms with Gasteiger partial charge in [0.25, 0.3) is 5.96 Å². The van der Waals surface area contributed by atoms with E-state index in [1.54, 1.807) is 18.5 Å². The van der Waals surface area contributed by atoms with Gasteiger partial charge in [0.05, 0.1) is 12.3 Å². The average molecular weight is 305 g/mol. The van der Waals surface area contributed by atoms with E-state index in [2.05, 4.69) is 23.7 Å². The smallest absolute Gasteiger partial charge is 0.365 e. The van der Waals surface area contributed by atoms with Crippen molar-refractivity contribution in [3.05, 3.63) is 24.3 Å². The summed E-state index contributed by atoms with van der Waals surface area (Å²) in [7, 11) is -4.13. The van der Waals surface area contributed by atoms with Gasteiger partial charge < -0.3 is 5.73 Å². The van der Waals surface area contributed by atoms with Crippen LogP contribution in [0.1, 0.15) is 5.82 Å². The molecule has 0 radical (unpaired) electrons. The lowest BCUT2D eigenvalue weighted by Crippen LogP contribution is -2.43. The fourth-order valence-corrected chi connectivity index (χ4v) is 2.50. The molecule has 0 saturated carbocycles. The monoisotopic (exact) mass is 305 g/mol. The molecule has 0 amide bonds. The first-order chi connectivity index (χ1) is 9.07. The first-order valence-electron chi connectivity index (χ1n) is 5.15. The Morgan fingerprint density at radius 3 is 2.84 bits per heavy atom. The summed E-state index contributed by atoms with van der Waals surface area (Å²) in [6, 6.07) is 1.73. The molecule has 19 heavy (non-hydrogen) atoms. The lowest BCUT2D eigenvalue weighted by molar-refractivity contribution is -0.00816. The normalized spacial score (nSPS) is 17.7. The summed E-state index contributed by atoms with van der Waals surface area (Å²) < 4.78 is 30.5. The third kappa shape index (κ3) is 4.22. The molecule has 1 aromatic heterocycles. The highest BCUT2D eigenvalue weighted by Crippen LogP contribution is 2.12. The molecule has 104 valence electrons. The van der Waals surface area contributed by atoms with Crippen LogP contribution in [0.25, 0.3) is 0 Å². The molecule has 1 aromatic rings. The third-order valence-corrected chi connectivity index (χ3v) is 3.50. The molecule has 0 aromatic carbocycles. The van der Waals surface area contributed by atoms with Crippen molar-refractivity contribution in [1.29, 1.82) is 0 Å². The van der Waals surface area contributed by atoms with Crippen LogP contribution in [0.2, 0.25) is 0 Å². The van der Waals surface area contributed by atoms with E-state index in [0.717, 1.165) is 5.06 Å². The van der Waals surface area contributed by atoms with Crippen molar-refractivity contribution in [3.8, 4) is 0 Å². The Morgan fingerprint density at radius 2 is 2.11 bits per heavy atom. The Kier molecular flexibility index (Phi) is 4.39. The number of oxime groups is 1. The van der Waals surface area contributed by atoms with Crippen molar-refractivity contribution >= 4 is 28.1 Å². The maximum absolute atomic E-state index is 11.0. The molecule has 0 saturated heterocycles. The number of hydroxylamine groups is 2. The highest BCUT2D eigenvalue weighted by Gasteiger charge is 2.26. The van der Waals surface area contributed by atoms with E-state index in [1.807, 2.05) is 0 Å².